The van der Waals surface area contributed by atoms with Gasteiger partial charge in [-0.05, 0) is 44.8 Å². The summed E-state index contributed by atoms with van der Waals surface area (Å²) in [5, 5.41) is 3.06. The van der Waals surface area contributed by atoms with Crippen molar-refractivity contribution < 1.29 is 4.79 Å². The molecule has 1 aromatic rings. The van der Waals surface area contributed by atoms with E-state index >= 15 is 0 Å². The zero-order valence-electron chi connectivity index (χ0n) is 16.2. The first-order valence-electron chi connectivity index (χ1n) is 10.2. The summed E-state index contributed by atoms with van der Waals surface area (Å²) in [6.07, 6.45) is 4.74. The van der Waals surface area contributed by atoms with Crippen molar-refractivity contribution in [3.05, 3.63) is 35.9 Å². The third-order valence-electron chi connectivity index (χ3n) is 5.50. The Kier molecular flexibility index (Phi) is 7.47. The largest absolute Gasteiger partial charge is 0.355 e. The van der Waals surface area contributed by atoms with Gasteiger partial charge in [-0.1, -0.05) is 30.3 Å². The first-order valence-corrected chi connectivity index (χ1v) is 10.2. The Morgan fingerprint density at radius 1 is 1.08 bits per heavy atom. The summed E-state index contributed by atoms with van der Waals surface area (Å²) in [4.78, 5) is 19.1. The van der Waals surface area contributed by atoms with Gasteiger partial charge in [-0.25, -0.2) is 0 Å². The Labute approximate surface area is 158 Å². The molecule has 0 spiro atoms. The molecule has 3 rings (SSSR count). The van der Waals surface area contributed by atoms with Crippen molar-refractivity contribution in [2.24, 2.45) is 0 Å². The van der Waals surface area contributed by atoms with Gasteiger partial charge >= 0.3 is 0 Å². The van der Waals surface area contributed by atoms with Crippen LogP contribution in [-0.2, 0) is 11.3 Å². The second-order valence-electron chi connectivity index (χ2n) is 7.81. The van der Waals surface area contributed by atoms with E-state index in [-0.39, 0.29) is 5.91 Å². The van der Waals surface area contributed by atoms with Crippen molar-refractivity contribution in [3.8, 4) is 0 Å². The number of nitrogens with zero attached hydrogens (tertiary/aromatic N) is 3. The zero-order chi connectivity index (χ0) is 18.2. The lowest BCUT2D eigenvalue weighted by atomic mass is 10.2. The minimum Gasteiger partial charge on any atom is -0.355 e. The highest BCUT2D eigenvalue weighted by atomic mass is 16.2. The Morgan fingerprint density at radius 3 is 2.46 bits per heavy atom. The average Bonchev–Trinajstić information content (AvgIpc) is 3.49. The first kappa shape index (κ1) is 19.3. The van der Waals surface area contributed by atoms with Crippen LogP contribution < -0.4 is 5.32 Å². The molecule has 1 aromatic carbocycles. The van der Waals surface area contributed by atoms with E-state index in [4.69, 9.17) is 0 Å². The second kappa shape index (κ2) is 10.0. The van der Waals surface area contributed by atoms with E-state index < -0.39 is 0 Å². The molecule has 0 atom stereocenters. The average molecular weight is 359 g/mol. The topological polar surface area (TPSA) is 38.8 Å². The van der Waals surface area contributed by atoms with Gasteiger partial charge in [0, 0.05) is 45.3 Å². The van der Waals surface area contributed by atoms with Crippen LogP contribution in [0.4, 0.5) is 0 Å². The van der Waals surface area contributed by atoms with Crippen LogP contribution in [-0.4, -0.2) is 79.5 Å². The van der Waals surface area contributed by atoms with Crippen LogP contribution >= 0.6 is 0 Å². The van der Waals surface area contributed by atoms with Crippen molar-refractivity contribution in [1.82, 2.24) is 20.0 Å². The van der Waals surface area contributed by atoms with Crippen molar-refractivity contribution in [3.63, 3.8) is 0 Å². The number of hydrogen-bond donors (Lipinski definition) is 1. The van der Waals surface area contributed by atoms with Crippen molar-refractivity contribution in [1.29, 1.82) is 0 Å². The Balaban J connectivity index is 1.20. The fourth-order valence-corrected chi connectivity index (χ4v) is 3.63. The van der Waals surface area contributed by atoms with Crippen LogP contribution in [0.15, 0.2) is 30.3 Å². The van der Waals surface area contributed by atoms with E-state index in [1.807, 2.05) is 0 Å². The van der Waals surface area contributed by atoms with E-state index in [2.05, 4.69) is 57.4 Å². The molecular weight excluding hydrogens is 324 g/mol. The maximum atomic E-state index is 11.9. The summed E-state index contributed by atoms with van der Waals surface area (Å²) < 4.78 is 0. The fourth-order valence-electron chi connectivity index (χ4n) is 3.63. The summed E-state index contributed by atoms with van der Waals surface area (Å²) >= 11 is 0. The van der Waals surface area contributed by atoms with E-state index in [1.54, 1.807) is 0 Å². The maximum Gasteiger partial charge on any atom is 0.234 e. The molecule has 0 aromatic heterocycles. The van der Waals surface area contributed by atoms with Gasteiger partial charge < -0.3 is 10.2 Å². The Morgan fingerprint density at radius 2 is 1.77 bits per heavy atom. The summed E-state index contributed by atoms with van der Waals surface area (Å²) in [7, 11) is 2.05. The number of piperazine rings is 1. The molecule has 2 fully saturated rings. The molecule has 1 saturated heterocycles. The molecule has 0 radical (unpaired) electrons. The highest BCUT2D eigenvalue weighted by molar-refractivity contribution is 5.78. The van der Waals surface area contributed by atoms with E-state index in [0.717, 1.165) is 58.7 Å². The quantitative estimate of drug-likeness (QED) is 0.648. The van der Waals surface area contributed by atoms with Gasteiger partial charge in [-0.2, -0.15) is 0 Å². The van der Waals surface area contributed by atoms with Crippen molar-refractivity contribution >= 4 is 5.91 Å². The lowest BCUT2D eigenvalue weighted by Gasteiger charge is -2.34. The number of benzene rings is 1. The molecule has 5 nitrogen and oxygen atoms in total. The van der Waals surface area contributed by atoms with Gasteiger partial charge in [0.1, 0.15) is 0 Å². The van der Waals surface area contributed by atoms with Crippen LogP contribution in [0, 0.1) is 0 Å². The summed E-state index contributed by atoms with van der Waals surface area (Å²) in [5.74, 6) is 0.175. The first-order chi connectivity index (χ1) is 12.7. The van der Waals surface area contributed by atoms with Gasteiger partial charge in [-0.15, -0.1) is 0 Å². The number of nitrogens with one attached hydrogen (secondary N) is 1. The number of hydrogen-bond acceptors (Lipinski definition) is 4. The lowest BCUT2D eigenvalue weighted by molar-refractivity contribution is -0.122. The number of unbranched alkanes of at least 4 members (excludes halogenated alkanes) is 1. The summed E-state index contributed by atoms with van der Waals surface area (Å²) in [6.45, 7) is 8.20. The van der Waals surface area contributed by atoms with Crippen LogP contribution in [0.1, 0.15) is 31.2 Å². The monoisotopic (exact) mass is 358 g/mol. The SMILES string of the molecule is CN(CC(=O)NCCCCN1CCN(Cc2ccccc2)CC1)C1CC1. The number of carbonyl (C=O) groups is 1. The number of carbonyl (C=O) groups excluding carboxylic acids is 1. The number of likely N-dealkylation sites (N-methyl/N-ethyl adjacent to an activating group) is 1. The summed E-state index contributed by atoms with van der Waals surface area (Å²) in [5.41, 5.74) is 1.41. The van der Waals surface area contributed by atoms with E-state index in [9.17, 15) is 4.79 Å². The molecule has 1 N–H and O–H groups in total. The minimum atomic E-state index is 0.175. The normalized spacial score (nSPS) is 19.0. The second-order valence-corrected chi connectivity index (χ2v) is 7.81. The third-order valence-corrected chi connectivity index (χ3v) is 5.50. The standard InChI is InChI=1S/C21H34N4O/c1-23(20-9-10-20)18-21(26)22-11-5-6-12-24-13-15-25(16-14-24)17-19-7-3-2-4-8-19/h2-4,7-8,20H,5-6,9-18H2,1H3,(H,22,26). The van der Waals surface area contributed by atoms with Gasteiger partial charge in [0.2, 0.25) is 5.91 Å². The summed E-state index contributed by atoms with van der Waals surface area (Å²) in [6, 6.07) is 11.4. The molecule has 1 saturated carbocycles. The lowest BCUT2D eigenvalue weighted by Crippen LogP contribution is -2.46. The molecule has 1 amide bonds. The molecule has 2 aliphatic rings. The predicted octanol–water partition coefficient (Wildman–Crippen LogP) is 1.79. The van der Waals surface area contributed by atoms with E-state index in [1.165, 1.54) is 18.4 Å². The Bertz CT molecular complexity index is 538. The van der Waals surface area contributed by atoms with Crippen LogP contribution in [0.2, 0.25) is 0 Å². The zero-order valence-corrected chi connectivity index (χ0v) is 16.2. The predicted molar refractivity (Wildman–Crippen MR) is 106 cm³/mol. The van der Waals surface area contributed by atoms with Crippen LogP contribution in [0.25, 0.3) is 0 Å². The Hall–Kier alpha value is -1.43. The van der Waals surface area contributed by atoms with Gasteiger partial charge in [0.25, 0.3) is 0 Å². The van der Waals surface area contributed by atoms with Crippen molar-refractivity contribution in [2.75, 3.05) is 52.9 Å². The van der Waals surface area contributed by atoms with Gasteiger partial charge in [0.15, 0.2) is 0 Å². The maximum absolute atomic E-state index is 11.9. The van der Waals surface area contributed by atoms with Crippen molar-refractivity contribution in [2.45, 2.75) is 38.3 Å². The molecule has 0 unspecified atom stereocenters. The fraction of sp³-hybridized carbons (Fsp3) is 0.667. The molecule has 1 aliphatic carbocycles. The minimum absolute atomic E-state index is 0.175. The highest BCUT2D eigenvalue weighted by Gasteiger charge is 2.27. The highest BCUT2D eigenvalue weighted by Crippen LogP contribution is 2.24. The van der Waals surface area contributed by atoms with Gasteiger partial charge in [-0.3, -0.25) is 14.6 Å². The number of rotatable bonds is 10. The smallest absolute Gasteiger partial charge is 0.234 e. The molecular formula is C21H34N4O. The molecule has 0 bridgehead atoms. The van der Waals surface area contributed by atoms with Gasteiger partial charge in [0.05, 0.1) is 6.54 Å². The molecule has 26 heavy (non-hydrogen) atoms. The molecule has 144 valence electrons. The molecule has 1 heterocycles. The van der Waals surface area contributed by atoms with Crippen LogP contribution in [0.5, 0.6) is 0 Å². The number of amides is 1. The molecule has 5 heteroatoms. The third kappa shape index (κ3) is 6.71. The molecule has 1 aliphatic heterocycles. The van der Waals surface area contributed by atoms with E-state index in [0.29, 0.717) is 12.6 Å². The van der Waals surface area contributed by atoms with Crippen LogP contribution in [0.3, 0.4) is 0 Å².